The van der Waals surface area contributed by atoms with Crippen molar-refractivity contribution < 1.29 is 23.4 Å². The first-order valence-electron chi connectivity index (χ1n) is 6.75. The van der Waals surface area contributed by atoms with Crippen molar-refractivity contribution in [1.82, 2.24) is 0 Å². The third kappa shape index (κ3) is 3.65. The van der Waals surface area contributed by atoms with Crippen molar-refractivity contribution >= 4 is 15.8 Å². The summed E-state index contributed by atoms with van der Waals surface area (Å²) in [6.45, 7) is 0. The van der Waals surface area contributed by atoms with Crippen LogP contribution < -0.4 is 0 Å². The molecule has 2 N–H and O–H groups in total. The Morgan fingerprint density at radius 1 is 1.00 bits per heavy atom. The summed E-state index contributed by atoms with van der Waals surface area (Å²) >= 11 is 0. The summed E-state index contributed by atoms with van der Waals surface area (Å²) in [6.07, 6.45) is 1.15. The fourth-order valence-corrected chi connectivity index (χ4v) is 3.44. The highest BCUT2D eigenvalue weighted by molar-refractivity contribution is 7.91. The minimum absolute atomic E-state index is 0.0813. The Kier molecular flexibility index (Phi) is 4.82. The summed E-state index contributed by atoms with van der Waals surface area (Å²) < 4.78 is 24.9. The summed E-state index contributed by atoms with van der Waals surface area (Å²) in [6, 6.07) is 12.0. The van der Waals surface area contributed by atoms with E-state index in [4.69, 9.17) is 5.11 Å². The number of phenols is 1. The minimum atomic E-state index is -3.76. The number of carbonyl (C=O) groups is 1. The Hall–Kier alpha value is -2.34. The molecule has 0 bridgehead atoms. The zero-order valence-electron chi connectivity index (χ0n) is 11.8. The van der Waals surface area contributed by atoms with Crippen molar-refractivity contribution in [3.8, 4) is 5.75 Å². The number of sulfone groups is 1. The maximum absolute atomic E-state index is 12.4. The lowest BCUT2D eigenvalue weighted by molar-refractivity contribution is -0.137. The second kappa shape index (κ2) is 6.62. The largest absolute Gasteiger partial charge is 0.507 e. The van der Waals surface area contributed by atoms with Gasteiger partial charge in [0.1, 0.15) is 10.6 Å². The molecule has 0 aliphatic carbocycles. The number of phenolic OH excluding ortho intramolecular Hbond substituents is 1. The fraction of sp³-hybridized carbons (Fsp3) is 0.188. The molecule has 0 spiro atoms. The van der Waals surface area contributed by atoms with Gasteiger partial charge < -0.3 is 10.2 Å². The monoisotopic (exact) mass is 320 g/mol. The summed E-state index contributed by atoms with van der Waals surface area (Å²) in [4.78, 5) is 10.4. The third-order valence-corrected chi connectivity index (χ3v) is 5.06. The molecule has 2 aromatic carbocycles. The molecule has 6 heteroatoms. The van der Waals surface area contributed by atoms with E-state index in [-0.39, 0.29) is 22.0 Å². The molecule has 0 saturated carbocycles. The van der Waals surface area contributed by atoms with Gasteiger partial charge in [-0.05, 0) is 42.7 Å². The van der Waals surface area contributed by atoms with E-state index in [1.54, 1.807) is 24.3 Å². The zero-order valence-corrected chi connectivity index (χ0v) is 12.6. The molecule has 0 amide bonds. The second-order valence-electron chi connectivity index (χ2n) is 4.86. The number of aromatic hydroxyl groups is 1. The van der Waals surface area contributed by atoms with Crippen LogP contribution in [0.3, 0.4) is 0 Å². The molecule has 0 saturated heterocycles. The summed E-state index contributed by atoms with van der Waals surface area (Å²) in [5.74, 6) is -1.13. The van der Waals surface area contributed by atoms with Gasteiger partial charge in [0.05, 0.1) is 4.90 Å². The van der Waals surface area contributed by atoms with E-state index in [1.165, 1.54) is 24.3 Å². The van der Waals surface area contributed by atoms with Crippen molar-refractivity contribution in [1.29, 1.82) is 0 Å². The highest BCUT2D eigenvalue weighted by Gasteiger charge is 2.20. The van der Waals surface area contributed by atoms with Crippen LogP contribution in [0, 0.1) is 0 Å². The predicted octanol–water partition coefficient (Wildman–Crippen LogP) is 2.63. The van der Waals surface area contributed by atoms with E-state index < -0.39 is 15.8 Å². The molecule has 2 rings (SSSR count). The van der Waals surface area contributed by atoms with Crippen LogP contribution in [0.25, 0.3) is 0 Å². The van der Waals surface area contributed by atoms with Gasteiger partial charge in [0.2, 0.25) is 9.84 Å². The predicted molar refractivity (Wildman–Crippen MR) is 80.6 cm³/mol. The number of aliphatic carboxylic acids is 1. The van der Waals surface area contributed by atoms with Crippen LogP contribution in [0.1, 0.15) is 18.4 Å². The van der Waals surface area contributed by atoms with Crippen LogP contribution in [-0.2, 0) is 21.1 Å². The first-order chi connectivity index (χ1) is 10.4. The highest BCUT2D eigenvalue weighted by atomic mass is 32.2. The SMILES string of the molecule is O=C(O)CCCc1ccc(S(=O)(=O)c2ccccc2O)cc1. The summed E-state index contributed by atoms with van der Waals surface area (Å²) in [5, 5.41) is 18.3. The molecule has 0 unspecified atom stereocenters. The second-order valence-corrected chi connectivity index (χ2v) is 6.78. The smallest absolute Gasteiger partial charge is 0.303 e. The van der Waals surface area contributed by atoms with Crippen LogP contribution in [0.2, 0.25) is 0 Å². The van der Waals surface area contributed by atoms with Gasteiger partial charge in [-0.1, -0.05) is 24.3 Å². The van der Waals surface area contributed by atoms with Crippen LogP contribution in [-0.4, -0.2) is 24.6 Å². The van der Waals surface area contributed by atoms with Gasteiger partial charge >= 0.3 is 5.97 Å². The lowest BCUT2D eigenvalue weighted by Crippen LogP contribution is -2.02. The Morgan fingerprint density at radius 3 is 2.23 bits per heavy atom. The molecule has 0 aliphatic rings. The fourth-order valence-electron chi connectivity index (χ4n) is 2.09. The van der Waals surface area contributed by atoms with Crippen LogP contribution in [0.4, 0.5) is 0 Å². The Balaban J connectivity index is 2.19. The quantitative estimate of drug-likeness (QED) is 0.853. The number of para-hydroxylation sites is 1. The number of rotatable bonds is 6. The Morgan fingerprint density at radius 2 is 1.64 bits per heavy atom. The molecule has 0 aromatic heterocycles. The molecule has 0 fully saturated rings. The Bertz CT molecular complexity index is 763. The third-order valence-electron chi connectivity index (χ3n) is 3.24. The molecule has 0 atom stereocenters. The first kappa shape index (κ1) is 16.0. The summed E-state index contributed by atoms with van der Waals surface area (Å²) in [7, 11) is -3.76. The number of aryl methyl sites for hydroxylation is 1. The van der Waals surface area contributed by atoms with Crippen molar-refractivity contribution in [2.75, 3.05) is 0 Å². The molecular formula is C16H16O5S. The summed E-state index contributed by atoms with van der Waals surface area (Å²) in [5.41, 5.74) is 0.873. The van der Waals surface area contributed by atoms with E-state index >= 15 is 0 Å². The van der Waals surface area contributed by atoms with Crippen LogP contribution in [0.5, 0.6) is 5.75 Å². The van der Waals surface area contributed by atoms with Crippen LogP contribution >= 0.6 is 0 Å². The van der Waals surface area contributed by atoms with Crippen molar-refractivity contribution in [3.63, 3.8) is 0 Å². The van der Waals surface area contributed by atoms with Gasteiger partial charge in [-0.25, -0.2) is 8.42 Å². The van der Waals surface area contributed by atoms with E-state index in [0.29, 0.717) is 12.8 Å². The molecule has 2 aromatic rings. The molecule has 5 nitrogen and oxygen atoms in total. The maximum atomic E-state index is 12.4. The molecule has 0 heterocycles. The topological polar surface area (TPSA) is 91.7 Å². The molecule has 22 heavy (non-hydrogen) atoms. The number of carboxylic acid groups (broad SMARTS) is 1. The van der Waals surface area contributed by atoms with E-state index in [0.717, 1.165) is 5.56 Å². The molecule has 116 valence electrons. The van der Waals surface area contributed by atoms with Gasteiger partial charge in [-0.15, -0.1) is 0 Å². The normalized spacial score (nSPS) is 11.3. The van der Waals surface area contributed by atoms with Crippen molar-refractivity contribution in [3.05, 3.63) is 54.1 Å². The lowest BCUT2D eigenvalue weighted by atomic mass is 10.1. The Labute approximate surface area is 128 Å². The van der Waals surface area contributed by atoms with Crippen molar-refractivity contribution in [2.45, 2.75) is 29.1 Å². The first-order valence-corrected chi connectivity index (χ1v) is 8.23. The van der Waals surface area contributed by atoms with Crippen LogP contribution in [0.15, 0.2) is 58.3 Å². The van der Waals surface area contributed by atoms with Crippen molar-refractivity contribution in [2.24, 2.45) is 0 Å². The molecular weight excluding hydrogens is 304 g/mol. The van der Waals surface area contributed by atoms with Gasteiger partial charge in [-0.3, -0.25) is 4.79 Å². The molecule has 0 aliphatic heterocycles. The minimum Gasteiger partial charge on any atom is -0.507 e. The number of hydrogen-bond donors (Lipinski definition) is 2. The average molecular weight is 320 g/mol. The van der Waals surface area contributed by atoms with Gasteiger partial charge in [0, 0.05) is 6.42 Å². The lowest BCUT2D eigenvalue weighted by Gasteiger charge is -2.07. The number of carboxylic acids is 1. The standard InChI is InChI=1S/C16H16O5S/c17-14-5-1-2-6-15(14)22(20,21)13-10-8-12(9-11-13)4-3-7-16(18)19/h1-2,5-6,8-11,17H,3-4,7H2,(H,18,19). The van der Waals surface area contributed by atoms with Gasteiger partial charge in [0.25, 0.3) is 0 Å². The van der Waals surface area contributed by atoms with Gasteiger partial charge in [0.15, 0.2) is 0 Å². The number of benzene rings is 2. The highest BCUT2D eigenvalue weighted by Crippen LogP contribution is 2.28. The average Bonchev–Trinajstić information content (AvgIpc) is 2.47. The van der Waals surface area contributed by atoms with Gasteiger partial charge in [-0.2, -0.15) is 0 Å². The van der Waals surface area contributed by atoms with E-state index in [2.05, 4.69) is 0 Å². The number of hydrogen-bond acceptors (Lipinski definition) is 4. The molecule has 0 radical (unpaired) electrons. The van der Waals surface area contributed by atoms with E-state index in [1.807, 2.05) is 0 Å². The zero-order chi connectivity index (χ0) is 16.2. The maximum Gasteiger partial charge on any atom is 0.303 e. The van der Waals surface area contributed by atoms with E-state index in [9.17, 15) is 18.3 Å².